The number of carbonyl (C=O) groups is 1. The second-order valence-corrected chi connectivity index (χ2v) is 3.87. The van der Waals surface area contributed by atoms with Gasteiger partial charge in [-0.2, -0.15) is 0 Å². The molecule has 82 valence electrons. The number of benzene rings is 1. The zero-order chi connectivity index (χ0) is 11.5. The molecule has 1 heterocycles. The lowest BCUT2D eigenvalue weighted by Crippen LogP contribution is -1.98. The minimum absolute atomic E-state index is 0.327. The molecule has 0 bridgehead atoms. The van der Waals surface area contributed by atoms with Crippen LogP contribution in [0.5, 0.6) is 0 Å². The Morgan fingerprint density at radius 2 is 2.19 bits per heavy atom. The maximum Gasteiger partial charge on any atom is 0.337 e. The molecule has 2 aromatic rings. The normalized spacial score (nSPS) is 10.3. The molecule has 0 amide bonds. The average molecular weight is 215 g/mol. The Balaban J connectivity index is 2.17. The van der Waals surface area contributed by atoms with Crippen molar-refractivity contribution in [2.45, 2.75) is 13.5 Å². The highest BCUT2D eigenvalue weighted by Gasteiger charge is 2.04. The molecular formula is C13H13NO2. The van der Waals surface area contributed by atoms with Gasteiger partial charge in [-0.3, -0.25) is 0 Å². The summed E-state index contributed by atoms with van der Waals surface area (Å²) in [5, 5.41) is 8.80. The molecule has 0 unspecified atom stereocenters. The minimum Gasteiger partial charge on any atom is -0.478 e. The number of carboxylic acid groups (broad SMARTS) is 1. The molecule has 1 aromatic heterocycles. The van der Waals surface area contributed by atoms with Gasteiger partial charge >= 0.3 is 5.97 Å². The Hall–Kier alpha value is -2.03. The van der Waals surface area contributed by atoms with Gasteiger partial charge in [-0.25, -0.2) is 4.79 Å². The molecule has 0 saturated carbocycles. The quantitative estimate of drug-likeness (QED) is 0.854. The summed E-state index contributed by atoms with van der Waals surface area (Å²) in [6, 6.07) is 9.79. The molecule has 0 fully saturated rings. The van der Waals surface area contributed by atoms with E-state index >= 15 is 0 Å². The third-order valence-corrected chi connectivity index (χ3v) is 2.45. The van der Waals surface area contributed by atoms with Crippen molar-refractivity contribution >= 4 is 5.97 Å². The number of aromatic nitrogens is 1. The van der Waals surface area contributed by atoms with E-state index < -0.39 is 5.97 Å². The van der Waals surface area contributed by atoms with Crippen LogP contribution in [-0.2, 0) is 6.54 Å². The molecule has 0 radical (unpaired) electrons. The number of aromatic carboxylic acids is 1. The summed E-state index contributed by atoms with van der Waals surface area (Å²) in [6.45, 7) is 2.75. The highest BCUT2D eigenvalue weighted by atomic mass is 16.4. The van der Waals surface area contributed by atoms with E-state index in [-0.39, 0.29) is 0 Å². The van der Waals surface area contributed by atoms with Gasteiger partial charge in [0.25, 0.3) is 0 Å². The van der Waals surface area contributed by atoms with Gasteiger partial charge in [-0.15, -0.1) is 0 Å². The van der Waals surface area contributed by atoms with E-state index in [0.717, 1.165) is 0 Å². The molecule has 0 aliphatic rings. The van der Waals surface area contributed by atoms with E-state index in [2.05, 4.69) is 6.07 Å². The predicted octanol–water partition coefficient (Wildman–Crippen LogP) is 2.54. The fraction of sp³-hybridized carbons (Fsp3) is 0.154. The molecule has 2 rings (SSSR count). The smallest absolute Gasteiger partial charge is 0.337 e. The SMILES string of the molecule is Cc1cccc(Cn2ccc(C(=O)O)c2)c1. The lowest BCUT2D eigenvalue weighted by atomic mass is 10.1. The summed E-state index contributed by atoms with van der Waals surface area (Å²) in [5.74, 6) is -0.886. The molecule has 0 spiro atoms. The van der Waals surface area contributed by atoms with E-state index in [1.165, 1.54) is 11.1 Å². The zero-order valence-corrected chi connectivity index (χ0v) is 9.05. The minimum atomic E-state index is -0.886. The number of rotatable bonds is 3. The second-order valence-electron chi connectivity index (χ2n) is 3.87. The maximum atomic E-state index is 10.7. The molecular weight excluding hydrogens is 202 g/mol. The van der Waals surface area contributed by atoms with Crippen molar-refractivity contribution in [2.24, 2.45) is 0 Å². The summed E-state index contributed by atoms with van der Waals surface area (Å²) in [5.41, 5.74) is 2.71. The van der Waals surface area contributed by atoms with Crippen molar-refractivity contribution < 1.29 is 9.90 Å². The van der Waals surface area contributed by atoms with Crippen LogP contribution in [0.1, 0.15) is 21.5 Å². The predicted molar refractivity (Wildman–Crippen MR) is 61.7 cm³/mol. The third kappa shape index (κ3) is 2.31. The molecule has 0 aliphatic carbocycles. The largest absolute Gasteiger partial charge is 0.478 e. The monoisotopic (exact) mass is 215 g/mol. The Bertz CT molecular complexity index is 514. The molecule has 3 heteroatoms. The van der Waals surface area contributed by atoms with Crippen LogP contribution in [0.4, 0.5) is 0 Å². The number of hydrogen-bond acceptors (Lipinski definition) is 1. The lowest BCUT2D eigenvalue weighted by molar-refractivity contribution is 0.0697. The van der Waals surface area contributed by atoms with Gasteiger partial charge in [0.05, 0.1) is 5.56 Å². The van der Waals surface area contributed by atoms with E-state index in [0.29, 0.717) is 12.1 Å². The molecule has 0 aliphatic heterocycles. The first-order valence-electron chi connectivity index (χ1n) is 5.10. The first kappa shape index (κ1) is 10.5. The summed E-state index contributed by atoms with van der Waals surface area (Å²) < 4.78 is 1.87. The highest BCUT2D eigenvalue weighted by molar-refractivity contribution is 5.87. The molecule has 1 N–H and O–H groups in total. The van der Waals surface area contributed by atoms with E-state index in [1.807, 2.05) is 29.7 Å². The lowest BCUT2D eigenvalue weighted by Gasteiger charge is -2.03. The van der Waals surface area contributed by atoms with Crippen LogP contribution in [0.15, 0.2) is 42.7 Å². The topological polar surface area (TPSA) is 42.2 Å². The van der Waals surface area contributed by atoms with Crippen molar-refractivity contribution in [1.29, 1.82) is 0 Å². The molecule has 3 nitrogen and oxygen atoms in total. The first-order chi connectivity index (χ1) is 7.65. The molecule has 1 aromatic carbocycles. The van der Waals surface area contributed by atoms with Gasteiger partial charge in [0.1, 0.15) is 0 Å². The van der Waals surface area contributed by atoms with Gasteiger partial charge < -0.3 is 9.67 Å². The van der Waals surface area contributed by atoms with Crippen LogP contribution in [0, 0.1) is 6.92 Å². The van der Waals surface area contributed by atoms with Gasteiger partial charge in [0.2, 0.25) is 0 Å². The maximum absolute atomic E-state index is 10.7. The summed E-state index contributed by atoms with van der Waals surface area (Å²) in [7, 11) is 0. The summed E-state index contributed by atoms with van der Waals surface area (Å²) >= 11 is 0. The van der Waals surface area contributed by atoms with E-state index in [9.17, 15) is 4.79 Å². The fourth-order valence-corrected chi connectivity index (χ4v) is 1.69. The number of nitrogens with zero attached hydrogens (tertiary/aromatic N) is 1. The summed E-state index contributed by atoms with van der Waals surface area (Å²) in [4.78, 5) is 10.7. The summed E-state index contributed by atoms with van der Waals surface area (Å²) in [6.07, 6.45) is 3.43. The average Bonchev–Trinajstić information content (AvgIpc) is 2.66. The highest BCUT2D eigenvalue weighted by Crippen LogP contribution is 2.08. The molecule has 0 saturated heterocycles. The zero-order valence-electron chi connectivity index (χ0n) is 9.05. The van der Waals surface area contributed by atoms with Crippen molar-refractivity contribution in [3.63, 3.8) is 0 Å². The molecule has 16 heavy (non-hydrogen) atoms. The number of aryl methyl sites for hydroxylation is 1. The van der Waals surface area contributed by atoms with Crippen LogP contribution in [0.2, 0.25) is 0 Å². The van der Waals surface area contributed by atoms with Gasteiger partial charge in [0, 0.05) is 18.9 Å². The Morgan fingerprint density at radius 3 is 2.81 bits per heavy atom. The van der Waals surface area contributed by atoms with Crippen molar-refractivity contribution in [3.05, 3.63) is 59.4 Å². The third-order valence-electron chi connectivity index (χ3n) is 2.45. The standard InChI is InChI=1S/C13H13NO2/c1-10-3-2-4-11(7-10)8-14-6-5-12(9-14)13(15)16/h2-7,9H,8H2,1H3,(H,15,16). The Kier molecular flexibility index (Phi) is 2.77. The van der Waals surface area contributed by atoms with E-state index in [1.54, 1.807) is 18.5 Å². The van der Waals surface area contributed by atoms with Crippen LogP contribution in [0.25, 0.3) is 0 Å². The van der Waals surface area contributed by atoms with Crippen molar-refractivity contribution in [1.82, 2.24) is 4.57 Å². The fourth-order valence-electron chi connectivity index (χ4n) is 1.69. The van der Waals surface area contributed by atoms with Gasteiger partial charge in [-0.1, -0.05) is 29.8 Å². The first-order valence-corrected chi connectivity index (χ1v) is 5.10. The Labute approximate surface area is 94.0 Å². The van der Waals surface area contributed by atoms with Crippen LogP contribution in [-0.4, -0.2) is 15.6 Å². The van der Waals surface area contributed by atoms with Crippen LogP contribution >= 0.6 is 0 Å². The Morgan fingerprint density at radius 1 is 1.38 bits per heavy atom. The second kappa shape index (κ2) is 4.23. The van der Waals surface area contributed by atoms with E-state index in [4.69, 9.17) is 5.11 Å². The van der Waals surface area contributed by atoms with Crippen LogP contribution in [0.3, 0.4) is 0 Å². The van der Waals surface area contributed by atoms with Crippen LogP contribution < -0.4 is 0 Å². The van der Waals surface area contributed by atoms with Crippen molar-refractivity contribution in [2.75, 3.05) is 0 Å². The van der Waals surface area contributed by atoms with Crippen molar-refractivity contribution in [3.8, 4) is 0 Å². The van der Waals surface area contributed by atoms with Gasteiger partial charge in [0.15, 0.2) is 0 Å². The molecule has 0 atom stereocenters. The number of hydrogen-bond donors (Lipinski definition) is 1. The van der Waals surface area contributed by atoms with Gasteiger partial charge in [-0.05, 0) is 18.6 Å². The number of carboxylic acids is 1.